The van der Waals surface area contributed by atoms with Crippen LogP contribution in [0, 0.1) is 0 Å². The fourth-order valence-electron chi connectivity index (χ4n) is 2.01. The number of hydrogen-bond acceptors (Lipinski definition) is 7. The molecule has 8 heteroatoms. The van der Waals surface area contributed by atoms with Crippen LogP contribution in [0.1, 0.15) is 20.3 Å². The van der Waals surface area contributed by atoms with Crippen molar-refractivity contribution >= 4 is 28.3 Å². The molecule has 21 heavy (non-hydrogen) atoms. The molecule has 0 aliphatic carbocycles. The highest BCUT2D eigenvalue weighted by Crippen LogP contribution is 2.35. The molecule has 0 aromatic carbocycles. The standard InChI is InChI=1S/C13H22N4O3S/c1-9(2)20-11-12(14)16-21-13(11)15-4-3-10(18)17-5-7-19-8-6-17/h9,15H,3-8H2,1-2H3,(H2,14,16). The van der Waals surface area contributed by atoms with Gasteiger partial charge in [-0.05, 0) is 25.4 Å². The summed E-state index contributed by atoms with van der Waals surface area (Å²) in [6.45, 7) is 6.99. The van der Waals surface area contributed by atoms with Gasteiger partial charge in [-0.15, -0.1) is 0 Å². The summed E-state index contributed by atoms with van der Waals surface area (Å²) in [5.41, 5.74) is 5.78. The number of amides is 1. The van der Waals surface area contributed by atoms with Gasteiger partial charge in [0.2, 0.25) is 5.91 Å². The molecular formula is C13H22N4O3S. The van der Waals surface area contributed by atoms with E-state index in [9.17, 15) is 4.79 Å². The molecule has 3 N–H and O–H groups in total. The normalized spacial score (nSPS) is 15.3. The van der Waals surface area contributed by atoms with Gasteiger partial charge in [0.15, 0.2) is 16.6 Å². The molecule has 2 rings (SSSR count). The summed E-state index contributed by atoms with van der Waals surface area (Å²) >= 11 is 1.25. The van der Waals surface area contributed by atoms with E-state index in [0.29, 0.717) is 50.8 Å². The molecule has 2 heterocycles. The second-order valence-corrected chi connectivity index (χ2v) is 5.84. The summed E-state index contributed by atoms with van der Waals surface area (Å²) in [4.78, 5) is 13.8. The molecule has 1 aromatic rings. The zero-order valence-corrected chi connectivity index (χ0v) is 13.2. The van der Waals surface area contributed by atoms with Gasteiger partial charge in [-0.2, -0.15) is 4.37 Å². The molecule has 0 atom stereocenters. The van der Waals surface area contributed by atoms with Gasteiger partial charge in [0, 0.05) is 26.1 Å². The number of anilines is 2. The van der Waals surface area contributed by atoms with Gasteiger partial charge in [-0.1, -0.05) is 0 Å². The van der Waals surface area contributed by atoms with Crippen molar-refractivity contribution in [2.45, 2.75) is 26.4 Å². The molecule has 1 saturated heterocycles. The van der Waals surface area contributed by atoms with Crippen LogP contribution in [0.5, 0.6) is 5.75 Å². The molecule has 1 amide bonds. The lowest BCUT2D eigenvalue weighted by atomic mass is 10.3. The summed E-state index contributed by atoms with van der Waals surface area (Å²) in [5.74, 6) is 1.10. The number of ether oxygens (including phenoxy) is 2. The zero-order chi connectivity index (χ0) is 15.2. The van der Waals surface area contributed by atoms with Crippen LogP contribution in [0.15, 0.2) is 0 Å². The predicted molar refractivity (Wildman–Crippen MR) is 82.8 cm³/mol. The van der Waals surface area contributed by atoms with Crippen LogP contribution in [-0.4, -0.2) is 54.1 Å². The average molecular weight is 314 g/mol. The number of nitrogen functional groups attached to an aromatic ring is 1. The first-order chi connectivity index (χ1) is 10.1. The SMILES string of the molecule is CC(C)Oc1c(N)nsc1NCCC(=O)N1CCOCC1. The van der Waals surface area contributed by atoms with E-state index in [1.165, 1.54) is 11.5 Å². The van der Waals surface area contributed by atoms with Crippen molar-refractivity contribution < 1.29 is 14.3 Å². The zero-order valence-electron chi connectivity index (χ0n) is 12.4. The molecule has 0 spiro atoms. The molecule has 0 bridgehead atoms. The molecule has 0 radical (unpaired) electrons. The molecule has 1 aliphatic heterocycles. The van der Waals surface area contributed by atoms with Gasteiger partial charge in [-0.3, -0.25) is 4.79 Å². The van der Waals surface area contributed by atoms with Crippen molar-refractivity contribution in [3.05, 3.63) is 0 Å². The Morgan fingerprint density at radius 3 is 2.90 bits per heavy atom. The molecule has 1 aromatic heterocycles. The Balaban J connectivity index is 1.81. The average Bonchev–Trinajstić information content (AvgIpc) is 2.80. The molecule has 0 unspecified atom stereocenters. The Kier molecular flexibility index (Phi) is 5.63. The highest BCUT2D eigenvalue weighted by atomic mass is 32.1. The maximum absolute atomic E-state index is 12.0. The van der Waals surface area contributed by atoms with E-state index < -0.39 is 0 Å². The number of hydrogen-bond donors (Lipinski definition) is 2. The topological polar surface area (TPSA) is 89.7 Å². The number of nitrogens with zero attached hydrogens (tertiary/aromatic N) is 2. The molecule has 0 saturated carbocycles. The van der Waals surface area contributed by atoms with Crippen LogP contribution in [0.25, 0.3) is 0 Å². The summed E-state index contributed by atoms with van der Waals surface area (Å²) in [7, 11) is 0. The monoisotopic (exact) mass is 314 g/mol. The quantitative estimate of drug-likeness (QED) is 0.819. The Bertz CT molecular complexity index is 472. The highest BCUT2D eigenvalue weighted by Gasteiger charge is 2.18. The first kappa shape index (κ1) is 15.8. The molecule has 7 nitrogen and oxygen atoms in total. The van der Waals surface area contributed by atoms with Crippen molar-refractivity contribution in [3.63, 3.8) is 0 Å². The summed E-state index contributed by atoms with van der Waals surface area (Å²) in [6, 6.07) is 0. The van der Waals surface area contributed by atoms with Gasteiger partial charge >= 0.3 is 0 Å². The van der Waals surface area contributed by atoms with Crippen LogP contribution < -0.4 is 15.8 Å². The van der Waals surface area contributed by atoms with Crippen LogP contribution in [0.2, 0.25) is 0 Å². The number of nitrogens with one attached hydrogen (secondary N) is 1. The first-order valence-electron chi connectivity index (χ1n) is 7.09. The lowest BCUT2D eigenvalue weighted by Crippen LogP contribution is -2.41. The molecule has 1 fully saturated rings. The second kappa shape index (κ2) is 7.46. The van der Waals surface area contributed by atoms with E-state index in [1.54, 1.807) is 0 Å². The van der Waals surface area contributed by atoms with Crippen LogP contribution in [0.3, 0.4) is 0 Å². The van der Waals surface area contributed by atoms with Crippen LogP contribution in [0.4, 0.5) is 10.8 Å². The lowest BCUT2D eigenvalue weighted by molar-refractivity contribution is -0.134. The summed E-state index contributed by atoms with van der Waals surface area (Å²) < 4.78 is 14.9. The summed E-state index contributed by atoms with van der Waals surface area (Å²) in [6.07, 6.45) is 0.457. The van der Waals surface area contributed by atoms with Crippen molar-refractivity contribution in [2.75, 3.05) is 43.9 Å². The van der Waals surface area contributed by atoms with Gasteiger partial charge < -0.3 is 25.4 Å². The number of nitrogens with two attached hydrogens (primary N) is 1. The Morgan fingerprint density at radius 2 is 2.24 bits per heavy atom. The number of morpholine rings is 1. The van der Waals surface area contributed by atoms with Crippen LogP contribution in [-0.2, 0) is 9.53 Å². The van der Waals surface area contributed by atoms with Crippen LogP contribution >= 0.6 is 11.5 Å². The Morgan fingerprint density at radius 1 is 1.52 bits per heavy atom. The smallest absolute Gasteiger partial charge is 0.224 e. The summed E-state index contributed by atoms with van der Waals surface area (Å²) in [5, 5.41) is 3.96. The maximum atomic E-state index is 12.0. The number of aromatic nitrogens is 1. The highest BCUT2D eigenvalue weighted by molar-refractivity contribution is 7.11. The third-order valence-electron chi connectivity index (χ3n) is 3.02. The van der Waals surface area contributed by atoms with Crippen molar-refractivity contribution in [1.82, 2.24) is 9.27 Å². The second-order valence-electron chi connectivity index (χ2n) is 5.06. The fourth-order valence-corrected chi connectivity index (χ4v) is 2.68. The minimum atomic E-state index is 0.0271. The van der Waals surface area contributed by atoms with E-state index >= 15 is 0 Å². The van der Waals surface area contributed by atoms with Crippen molar-refractivity contribution in [1.29, 1.82) is 0 Å². The van der Waals surface area contributed by atoms with E-state index in [2.05, 4.69) is 9.69 Å². The van der Waals surface area contributed by atoms with Crippen molar-refractivity contribution in [3.8, 4) is 5.75 Å². The molecular weight excluding hydrogens is 292 g/mol. The van der Waals surface area contributed by atoms with E-state index in [1.807, 2.05) is 18.7 Å². The molecule has 1 aliphatic rings. The number of carbonyl (C=O) groups excluding carboxylic acids is 1. The third-order valence-corrected chi connectivity index (χ3v) is 3.82. The first-order valence-corrected chi connectivity index (χ1v) is 7.86. The third kappa shape index (κ3) is 4.47. The fraction of sp³-hybridized carbons (Fsp3) is 0.692. The Hall–Kier alpha value is -1.54. The molecule has 118 valence electrons. The lowest BCUT2D eigenvalue weighted by Gasteiger charge is -2.26. The maximum Gasteiger partial charge on any atom is 0.224 e. The number of carbonyl (C=O) groups is 1. The van der Waals surface area contributed by atoms with Gasteiger partial charge in [0.1, 0.15) is 0 Å². The minimum absolute atomic E-state index is 0.0271. The minimum Gasteiger partial charge on any atom is -0.484 e. The van der Waals surface area contributed by atoms with Gasteiger partial charge in [-0.25, -0.2) is 0 Å². The largest absolute Gasteiger partial charge is 0.484 e. The Labute approximate surface area is 128 Å². The van der Waals surface area contributed by atoms with Crippen molar-refractivity contribution in [2.24, 2.45) is 0 Å². The van der Waals surface area contributed by atoms with Gasteiger partial charge in [0.25, 0.3) is 0 Å². The van der Waals surface area contributed by atoms with E-state index in [0.717, 1.165) is 5.00 Å². The van der Waals surface area contributed by atoms with E-state index in [4.69, 9.17) is 15.2 Å². The van der Waals surface area contributed by atoms with Gasteiger partial charge in [0.05, 0.1) is 19.3 Å². The number of rotatable bonds is 6. The predicted octanol–water partition coefficient (Wildman–Crippen LogP) is 1.17. The van der Waals surface area contributed by atoms with E-state index in [-0.39, 0.29) is 12.0 Å².